The molecule has 8 nitrogen and oxygen atoms in total. The number of carbonyl (C=O) groups is 1. The zero-order chi connectivity index (χ0) is 18.6. The zero-order valence-corrected chi connectivity index (χ0v) is 13.4. The molecule has 0 aliphatic carbocycles. The molecule has 1 aromatic carbocycles. The van der Waals surface area contributed by atoms with E-state index in [0.29, 0.717) is 22.5 Å². The molecule has 0 saturated carbocycles. The van der Waals surface area contributed by atoms with Crippen molar-refractivity contribution >= 4 is 28.7 Å². The molecule has 0 spiro atoms. The fourth-order valence-electron chi connectivity index (χ4n) is 2.15. The molecular weight excluding hydrogens is 320 g/mol. The van der Waals surface area contributed by atoms with Gasteiger partial charge in [0.1, 0.15) is 11.8 Å². The fourth-order valence-corrected chi connectivity index (χ4v) is 2.15. The number of nitrogens with two attached hydrogens (primary N) is 2. The Labute approximate surface area is 143 Å². The average molecular weight is 336 g/mol. The first-order valence-electron chi connectivity index (χ1n) is 7.13. The quantitative estimate of drug-likeness (QED) is 0.319. The summed E-state index contributed by atoms with van der Waals surface area (Å²) in [5, 5.41) is 27.1. The molecule has 0 unspecified atom stereocenters. The number of benzene rings is 1. The standard InChI is InChI=1S/C17H16N6O2/c1-9(19)15(14(21)7-18)17(24)23-11-2-3-13(20)12(6-11)16(22)10-4-5-25-8-10/h2-6,8,21-22H,19-20H2,1H3,(H,23,24)/b15-9+,21-14?,22-16?. The van der Waals surface area contributed by atoms with Gasteiger partial charge < -0.3 is 21.2 Å². The maximum atomic E-state index is 12.3. The van der Waals surface area contributed by atoms with Gasteiger partial charge in [0.25, 0.3) is 5.91 Å². The van der Waals surface area contributed by atoms with E-state index in [1.54, 1.807) is 24.3 Å². The van der Waals surface area contributed by atoms with E-state index < -0.39 is 11.6 Å². The van der Waals surface area contributed by atoms with Crippen molar-refractivity contribution in [2.45, 2.75) is 6.92 Å². The molecule has 0 aliphatic heterocycles. The highest BCUT2D eigenvalue weighted by atomic mass is 16.3. The van der Waals surface area contributed by atoms with Gasteiger partial charge in [-0.25, -0.2) is 0 Å². The van der Waals surface area contributed by atoms with Crippen molar-refractivity contribution < 1.29 is 9.21 Å². The number of nitriles is 1. The third-order valence-electron chi connectivity index (χ3n) is 3.37. The van der Waals surface area contributed by atoms with Gasteiger partial charge in [-0.3, -0.25) is 15.6 Å². The second-order valence-electron chi connectivity index (χ2n) is 5.19. The average Bonchev–Trinajstić information content (AvgIpc) is 3.10. The van der Waals surface area contributed by atoms with Crippen LogP contribution in [0.2, 0.25) is 0 Å². The van der Waals surface area contributed by atoms with Gasteiger partial charge in [-0.1, -0.05) is 0 Å². The molecule has 7 N–H and O–H groups in total. The molecule has 2 aromatic rings. The van der Waals surface area contributed by atoms with E-state index in [4.69, 9.17) is 32.0 Å². The van der Waals surface area contributed by atoms with Crippen LogP contribution in [0.5, 0.6) is 0 Å². The van der Waals surface area contributed by atoms with E-state index >= 15 is 0 Å². The van der Waals surface area contributed by atoms with Crippen LogP contribution in [0.4, 0.5) is 11.4 Å². The molecule has 25 heavy (non-hydrogen) atoms. The molecule has 1 aromatic heterocycles. The number of nitrogens with one attached hydrogen (secondary N) is 3. The maximum absolute atomic E-state index is 12.3. The van der Waals surface area contributed by atoms with Crippen LogP contribution in [-0.4, -0.2) is 17.3 Å². The Morgan fingerprint density at radius 1 is 1.32 bits per heavy atom. The van der Waals surface area contributed by atoms with Crippen LogP contribution in [-0.2, 0) is 4.79 Å². The molecule has 8 heteroatoms. The van der Waals surface area contributed by atoms with Gasteiger partial charge in [-0.05, 0) is 31.2 Å². The lowest BCUT2D eigenvalue weighted by Crippen LogP contribution is -2.23. The van der Waals surface area contributed by atoms with Crippen LogP contribution in [0.25, 0.3) is 0 Å². The van der Waals surface area contributed by atoms with Crippen molar-refractivity contribution in [3.05, 3.63) is 59.2 Å². The maximum Gasteiger partial charge on any atom is 0.260 e. The highest BCUT2D eigenvalue weighted by molar-refractivity contribution is 6.29. The number of allylic oxidation sites excluding steroid dienone is 1. The normalized spacial score (nSPS) is 11.2. The van der Waals surface area contributed by atoms with Crippen molar-refractivity contribution in [2.24, 2.45) is 5.73 Å². The Kier molecular flexibility index (Phi) is 5.00. The monoisotopic (exact) mass is 336 g/mol. The first-order valence-corrected chi connectivity index (χ1v) is 7.13. The first kappa shape index (κ1) is 17.5. The summed E-state index contributed by atoms with van der Waals surface area (Å²) in [5.41, 5.74) is 12.6. The van der Waals surface area contributed by atoms with E-state index in [9.17, 15) is 4.79 Å². The highest BCUT2D eigenvalue weighted by Crippen LogP contribution is 2.22. The molecule has 0 fully saturated rings. The molecule has 0 saturated heterocycles. The smallest absolute Gasteiger partial charge is 0.260 e. The summed E-state index contributed by atoms with van der Waals surface area (Å²) >= 11 is 0. The molecule has 0 aliphatic rings. The van der Waals surface area contributed by atoms with Crippen LogP contribution >= 0.6 is 0 Å². The van der Waals surface area contributed by atoms with Crippen molar-refractivity contribution in [3.8, 4) is 6.07 Å². The van der Waals surface area contributed by atoms with Gasteiger partial charge in [0, 0.05) is 28.2 Å². The zero-order valence-electron chi connectivity index (χ0n) is 13.4. The highest BCUT2D eigenvalue weighted by Gasteiger charge is 2.18. The third-order valence-corrected chi connectivity index (χ3v) is 3.37. The molecule has 126 valence electrons. The largest absolute Gasteiger partial charge is 0.472 e. The number of hydrogen-bond acceptors (Lipinski definition) is 7. The number of nitrogen functional groups attached to an aromatic ring is 1. The van der Waals surface area contributed by atoms with E-state index in [0.717, 1.165) is 0 Å². The Bertz CT molecular complexity index is 915. The summed E-state index contributed by atoms with van der Waals surface area (Å²) in [4.78, 5) is 12.3. The molecule has 0 radical (unpaired) electrons. The topological polar surface area (TPSA) is 166 Å². The summed E-state index contributed by atoms with van der Waals surface area (Å²) in [6.45, 7) is 1.43. The number of nitrogens with zero attached hydrogens (tertiary/aromatic N) is 1. The second kappa shape index (κ2) is 7.14. The SMILES string of the molecule is C/C(N)=C(/C(=N)C#N)C(=O)Nc1ccc(N)c(C(=N)c2ccoc2)c1. The molecule has 0 atom stereocenters. The Morgan fingerprint density at radius 2 is 2.04 bits per heavy atom. The van der Waals surface area contributed by atoms with E-state index in [2.05, 4.69) is 5.32 Å². The van der Waals surface area contributed by atoms with Crippen LogP contribution in [0.3, 0.4) is 0 Å². The van der Waals surface area contributed by atoms with E-state index in [1.165, 1.54) is 25.5 Å². The number of furan rings is 1. The molecule has 1 heterocycles. The van der Waals surface area contributed by atoms with Gasteiger partial charge in [-0.15, -0.1) is 0 Å². The van der Waals surface area contributed by atoms with Gasteiger partial charge in [-0.2, -0.15) is 5.26 Å². The third kappa shape index (κ3) is 3.73. The fraction of sp³-hybridized carbons (Fsp3) is 0.0588. The number of rotatable bonds is 5. The minimum absolute atomic E-state index is 0.0610. The van der Waals surface area contributed by atoms with E-state index in [-0.39, 0.29) is 17.0 Å². The summed E-state index contributed by atoms with van der Waals surface area (Å²) in [6.07, 6.45) is 2.86. The molecular formula is C17H16N6O2. The van der Waals surface area contributed by atoms with Crippen LogP contribution in [0.1, 0.15) is 18.1 Å². The summed E-state index contributed by atoms with van der Waals surface area (Å²) in [6, 6.07) is 7.85. The minimum atomic E-state index is -0.683. The summed E-state index contributed by atoms with van der Waals surface area (Å²) in [5.74, 6) is -0.683. The van der Waals surface area contributed by atoms with Gasteiger partial charge in [0.2, 0.25) is 0 Å². The predicted molar refractivity (Wildman–Crippen MR) is 94.3 cm³/mol. The Hall–Kier alpha value is -3.86. The Morgan fingerprint density at radius 3 is 2.60 bits per heavy atom. The number of carbonyl (C=O) groups excluding carboxylic acids is 1. The second-order valence-corrected chi connectivity index (χ2v) is 5.19. The van der Waals surface area contributed by atoms with Gasteiger partial charge >= 0.3 is 0 Å². The predicted octanol–water partition coefficient (Wildman–Crippen LogP) is 1.99. The van der Waals surface area contributed by atoms with Crippen molar-refractivity contribution in [2.75, 3.05) is 11.1 Å². The summed E-state index contributed by atoms with van der Waals surface area (Å²) < 4.78 is 4.96. The number of hydrogen-bond donors (Lipinski definition) is 5. The molecule has 2 rings (SSSR count). The van der Waals surface area contributed by atoms with Crippen LogP contribution in [0.15, 0.2) is 52.5 Å². The van der Waals surface area contributed by atoms with Gasteiger partial charge in [0.05, 0.1) is 23.8 Å². The lowest BCUT2D eigenvalue weighted by Gasteiger charge is -2.12. The van der Waals surface area contributed by atoms with Crippen molar-refractivity contribution in [1.29, 1.82) is 16.1 Å². The van der Waals surface area contributed by atoms with Gasteiger partial charge in [0.15, 0.2) is 0 Å². The lowest BCUT2D eigenvalue weighted by molar-refractivity contribution is -0.112. The minimum Gasteiger partial charge on any atom is -0.472 e. The summed E-state index contributed by atoms with van der Waals surface area (Å²) in [7, 11) is 0. The van der Waals surface area contributed by atoms with Crippen molar-refractivity contribution in [3.63, 3.8) is 0 Å². The molecule has 1 amide bonds. The van der Waals surface area contributed by atoms with E-state index in [1.807, 2.05) is 0 Å². The Balaban J connectivity index is 2.33. The number of anilines is 2. The molecule has 0 bridgehead atoms. The first-order chi connectivity index (χ1) is 11.8. The lowest BCUT2D eigenvalue weighted by atomic mass is 10.0. The van der Waals surface area contributed by atoms with Crippen LogP contribution in [0, 0.1) is 22.1 Å². The van der Waals surface area contributed by atoms with Crippen molar-refractivity contribution in [1.82, 2.24) is 0 Å². The number of amides is 1. The van der Waals surface area contributed by atoms with Crippen LogP contribution < -0.4 is 16.8 Å².